The van der Waals surface area contributed by atoms with E-state index in [1.165, 1.54) is 11.8 Å². The van der Waals surface area contributed by atoms with Gasteiger partial charge in [0.15, 0.2) is 5.82 Å². The lowest BCUT2D eigenvalue weighted by Gasteiger charge is -2.12. The minimum absolute atomic E-state index is 0.122. The average Bonchev–Trinajstić information content (AvgIpc) is 3.49. The molecule has 0 aliphatic rings. The highest BCUT2D eigenvalue weighted by Gasteiger charge is 2.16. The Morgan fingerprint density at radius 2 is 1.70 bits per heavy atom. The van der Waals surface area contributed by atoms with Crippen LogP contribution in [0.15, 0.2) is 78.2 Å². The highest BCUT2D eigenvalue weighted by atomic mass is 32.2. The summed E-state index contributed by atoms with van der Waals surface area (Å²) in [6.45, 7) is 2.53. The Morgan fingerprint density at radius 1 is 1.00 bits per heavy atom. The van der Waals surface area contributed by atoms with Crippen molar-refractivity contribution in [1.82, 2.24) is 19.5 Å². The molecule has 0 spiro atoms. The Balaban J connectivity index is 1.45. The van der Waals surface area contributed by atoms with Crippen LogP contribution in [0.25, 0.3) is 0 Å². The number of nitrogens with zero attached hydrogens (tertiary/aromatic N) is 4. The molecule has 0 fully saturated rings. The molecule has 9 heteroatoms. The van der Waals surface area contributed by atoms with E-state index in [2.05, 4.69) is 15.5 Å². The molecule has 1 N–H and O–H groups in total. The van der Waals surface area contributed by atoms with Gasteiger partial charge in [-0.1, -0.05) is 23.9 Å². The number of hydrogen-bond donors (Lipinski definition) is 1. The van der Waals surface area contributed by atoms with Gasteiger partial charge in [0.05, 0.1) is 19.5 Å². The summed E-state index contributed by atoms with van der Waals surface area (Å²) in [5.74, 6) is 2.43. The zero-order chi connectivity index (χ0) is 23.0. The lowest BCUT2D eigenvalue weighted by atomic mass is 10.1. The third-order valence-corrected chi connectivity index (χ3v) is 5.72. The first-order valence-electron chi connectivity index (χ1n) is 10.5. The number of carbonyl (C=O) groups excluding carboxylic acids is 1. The molecule has 2 heterocycles. The predicted molar refractivity (Wildman–Crippen MR) is 128 cm³/mol. The van der Waals surface area contributed by atoms with E-state index in [1.807, 2.05) is 89.3 Å². The fourth-order valence-corrected chi connectivity index (χ4v) is 3.99. The van der Waals surface area contributed by atoms with Crippen molar-refractivity contribution in [2.45, 2.75) is 18.5 Å². The molecule has 0 aliphatic carbocycles. The van der Waals surface area contributed by atoms with Crippen LogP contribution in [0, 0.1) is 0 Å². The molecule has 0 atom stereocenters. The highest BCUT2D eigenvalue weighted by molar-refractivity contribution is 7.99. The van der Waals surface area contributed by atoms with Gasteiger partial charge in [0.1, 0.15) is 11.5 Å². The van der Waals surface area contributed by atoms with Crippen molar-refractivity contribution in [2.75, 3.05) is 24.8 Å². The number of rotatable bonds is 10. The number of methoxy groups -OCH3 is 1. The minimum Gasteiger partial charge on any atom is -0.497 e. The van der Waals surface area contributed by atoms with Crippen molar-refractivity contribution in [1.29, 1.82) is 0 Å². The number of nitrogens with one attached hydrogen (secondary N) is 1. The van der Waals surface area contributed by atoms with Crippen LogP contribution in [0.3, 0.4) is 0 Å². The van der Waals surface area contributed by atoms with Crippen LogP contribution >= 0.6 is 11.8 Å². The van der Waals surface area contributed by atoms with Gasteiger partial charge in [-0.3, -0.25) is 9.47 Å². The molecule has 0 saturated heterocycles. The summed E-state index contributed by atoms with van der Waals surface area (Å²) < 4.78 is 14.5. The molecular weight excluding hydrogens is 438 g/mol. The fraction of sp³-hybridized carbons (Fsp3) is 0.208. The number of benzene rings is 2. The van der Waals surface area contributed by atoms with Crippen LogP contribution in [-0.4, -0.2) is 44.9 Å². The van der Waals surface area contributed by atoms with Crippen molar-refractivity contribution in [3.05, 3.63) is 84.4 Å². The van der Waals surface area contributed by atoms with Gasteiger partial charge in [-0.2, -0.15) is 0 Å². The number of carbonyl (C=O) groups is 1. The topological polar surface area (TPSA) is 83.2 Å². The molecule has 170 valence electrons. The third kappa shape index (κ3) is 5.75. The van der Waals surface area contributed by atoms with Crippen molar-refractivity contribution in [3.63, 3.8) is 0 Å². The second kappa shape index (κ2) is 10.7. The summed E-state index contributed by atoms with van der Waals surface area (Å²) in [6.07, 6.45) is 4.43. The largest absolute Gasteiger partial charge is 0.497 e. The van der Waals surface area contributed by atoms with Gasteiger partial charge < -0.3 is 14.8 Å². The molecule has 4 rings (SSSR count). The Labute approximate surface area is 196 Å². The molecule has 4 aromatic rings. The quantitative estimate of drug-likeness (QED) is 0.356. The molecular formula is C24H25N5O3S. The van der Waals surface area contributed by atoms with Gasteiger partial charge in [-0.05, 0) is 61.0 Å². The first-order valence-corrected chi connectivity index (χ1v) is 11.5. The van der Waals surface area contributed by atoms with E-state index < -0.39 is 0 Å². The Morgan fingerprint density at radius 3 is 2.36 bits per heavy atom. The van der Waals surface area contributed by atoms with Crippen LogP contribution in [0.5, 0.6) is 11.5 Å². The number of thioether (sulfide) groups is 1. The van der Waals surface area contributed by atoms with Crippen LogP contribution in [-0.2, 0) is 11.2 Å². The Bertz CT molecular complexity index is 1170. The standard InChI is InChI=1S/C24H25N5O3S/c1-3-32-21-12-8-19(9-13-21)25-23(30)17-33-24-27-26-22(29(24)28-14-4-5-15-28)16-18-6-10-20(31-2)11-7-18/h4-15H,3,16-17H2,1-2H3,(H,25,30). The molecule has 2 aromatic carbocycles. The van der Waals surface area contributed by atoms with E-state index >= 15 is 0 Å². The maximum atomic E-state index is 12.5. The molecule has 33 heavy (non-hydrogen) atoms. The van der Waals surface area contributed by atoms with Crippen molar-refractivity contribution < 1.29 is 14.3 Å². The lowest BCUT2D eigenvalue weighted by Crippen LogP contribution is -2.16. The van der Waals surface area contributed by atoms with E-state index in [0.717, 1.165) is 28.6 Å². The fourth-order valence-electron chi connectivity index (χ4n) is 3.24. The van der Waals surface area contributed by atoms with Crippen molar-refractivity contribution >= 4 is 23.4 Å². The van der Waals surface area contributed by atoms with Gasteiger partial charge in [0.2, 0.25) is 11.1 Å². The Hall–Kier alpha value is -3.72. The van der Waals surface area contributed by atoms with Crippen LogP contribution in [0.1, 0.15) is 18.3 Å². The lowest BCUT2D eigenvalue weighted by molar-refractivity contribution is -0.113. The number of amides is 1. The SMILES string of the molecule is CCOc1ccc(NC(=O)CSc2nnc(Cc3ccc(OC)cc3)n2-n2cccc2)cc1. The first-order chi connectivity index (χ1) is 16.2. The van der Waals surface area contributed by atoms with Crippen molar-refractivity contribution in [3.8, 4) is 11.5 Å². The van der Waals surface area contributed by atoms with Gasteiger partial charge >= 0.3 is 0 Å². The van der Waals surface area contributed by atoms with Gasteiger partial charge in [-0.15, -0.1) is 10.2 Å². The average molecular weight is 464 g/mol. The molecule has 0 radical (unpaired) electrons. The molecule has 2 aromatic heterocycles. The molecule has 8 nitrogen and oxygen atoms in total. The van der Waals surface area contributed by atoms with Crippen LogP contribution in [0.2, 0.25) is 0 Å². The normalized spacial score (nSPS) is 10.7. The highest BCUT2D eigenvalue weighted by Crippen LogP contribution is 2.21. The molecule has 0 aliphatic heterocycles. The van der Waals surface area contributed by atoms with E-state index in [-0.39, 0.29) is 11.7 Å². The summed E-state index contributed by atoms with van der Waals surface area (Å²) in [7, 11) is 1.65. The van der Waals surface area contributed by atoms with Gasteiger partial charge in [-0.25, -0.2) is 4.68 Å². The maximum absolute atomic E-state index is 12.5. The summed E-state index contributed by atoms with van der Waals surface area (Å²) >= 11 is 1.33. The summed E-state index contributed by atoms with van der Waals surface area (Å²) in [4.78, 5) is 12.5. The van der Waals surface area contributed by atoms with Crippen LogP contribution in [0.4, 0.5) is 5.69 Å². The van der Waals surface area contributed by atoms with E-state index in [0.29, 0.717) is 18.2 Å². The second-order valence-electron chi connectivity index (χ2n) is 7.09. The van der Waals surface area contributed by atoms with Gasteiger partial charge in [0, 0.05) is 24.5 Å². The van der Waals surface area contributed by atoms with Crippen molar-refractivity contribution in [2.24, 2.45) is 0 Å². The summed E-state index contributed by atoms with van der Waals surface area (Å²) in [5.41, 5.74) is 1.80. The number of hydrogen-bond acceptors (Lipinski definition) is 6. The third-order valence-electron chi connectivity index (χ3n) is 4.80. The number of ether oxygens (including phenoxy) is 2. The van der Waals surface area contributed by atoms with Gasteiger partial charge in [0.25, 0.3) is 0 Å². The minimum atomic E-state index is -0.122. The zero-order valence-corrected chi connectivity index (χ0v) is 19.3. The molecule has 0 bridgehead atoms. The Kier molecular flexibility index (Phi) is 7.31. The monoisotopic (exact) mass is 463 g/mol. The smallest absolute Gasteiger partial charge is 0.234 e. The number of aromatic nitrogens is 4. The predicted octanol–water partition coefficient (Wildman–Crippen LogP) is 4.12. The van der Waals surface area contributed by atoms with E-state index in [4.69, 9.17) is 9.47 Å². The summed E-state index contributed by atoms with van der Waals surface area (Å²) in [5, 5.41) is 12.3. The van der Waals surface area contributed by atoms with E-state index in [9.17, 15) is 4.79 Å². The summed E-state index contributed by atoms with van der Waals surface area (Å²) in [6, 6.07) is 19.0. The molecule has 0 unspecified atom stereocenters. The van der Waals surface area contributed by atoms with Crippen LogP contribution < -0.4 is 14.8 Å². The van der Waals surface area contributed by atoms with E-state index in [1.54, 1.807) is 7.11 Å². The zero-order valence-electron chi connectivity index (χ0n) is 18.5. The first kappa shape index (κ1) is 22.5. The molecule has 0 saturated carbocycles. The molecule has 1 amide bonds. The number of anilines is 1. The maximum Gasteiger partial charge on any atom is 0.234 e. The second-order valence-corrected chi connectivity index (χ2v) is 8.04.